The summed E-state index contributed by atoms with van der Waals surface area (Å²) in [5.41, 5.74) is 7.52. The average Bonchev–Trinajstić information content (AvgIpc) is 2.27. The highest BCUT2D eigenvalue weighted by Crippen LogP contribution is 2.16. The molecule has 0 spiro atoms. The van der Waals surface area contributed by atoms with Crippen molar-refractivity contribution < 1.29 is 4.79 Å². The molecular weight excluding hydrogens is 210 g/mol. The normalized spacial score (nSPS) is 11.7. The Bertz CT molecular complexity index is 584. The third-order valence-electron chi connectivity index (χ3n) is 2.61. The van der Waals surface area contributed by atoms with Crippen LogP contribution >= 0.6 is 0 Å². The second kappa shape index (κ2) is 4.83. The SMILES string of the molecule is CC(=O)/C=C(/N)Cc1ccc2ccccc2c1. The smallest absolute Gasteiger partial charge is 0.154 e. The molecule has 0 aliphatic rings. The highest BCUT2D eigenvalue weighted by atomic mass is 16.1. The van der Waals surface area contributed by atoms with Crippen LogP contribution in [0.15, 0.2) is 54.2 Å². The molecule has 2 aromatic rings. The second-order valence-corrected chi connectivity index (χ2v) is 4.19. The topological polar surface area (TPSA) is 43.1 Å². The number of hydrogen-bond acceptors (Lipinski definition) is 2. The van der Waals surface area contributed by atoms with Crippen molar-refractivity contribution in [3.63, 3.8) is 0 Å². The van der Waals surface area contributed by atoms with Crippen LogP contribution in [0.1, 0.15) is 12.5 Å². The highest BCUT2D eigenvalue weighted by Gasteiger charge is 1.99. The molecule has 86 valence electrons. The minimum Gasteiger partial charge on any atom is -0.402 e. The Morgan fingerprint density at radius 2 is 1.88 bits per heavy atom. The molecule has 0 unspecified atom stereocenters. The molecular formula is C15H15NO. The standard InChI is InChI=1S/C15H15NO/c1-11(17)8-15(16)10-12-6-7-13-4-2-3-5-14(13)9-12/h2-9H,10,16H2,1H3/b15-8+. The lowest BCUT2D eigenvalue weighted by Crippen LogP contribution is -2.03. The van der Waals surface area contributed by atoms with E-state index in [1.54, 1.807) is 0 Å². The molecule has 2 heteroatoms. The molecule has 2 aromatic carbocycles. The van der Waals surface area contributed by atoms with Crippen LogP contribution in [-0.2, 0) is 11.2 Å². The monoisotopic (exact) mass is 225 g/mol. The van der Waals surface area contributed by atoms with Gasteiger partial charge in [0.2, 0.25) is 0 Å². The molecule has 0 radical (unpaired) electrons. The summed E-state index contributed by atoms with van der Waals surface area (Å²) in [5, 5.41) is 2.41. The summed E-state index contributed by atoms with van der Waals surface area (Å²) in [6.07, 6.45) is 2.10. The van der Waals surface area contributed by atoms with Gasteiger partial charge in [-0.25, -0.2) is 0 Å². The van der Waals surface area contributed by atoms with Gasteiger partial charge < -0.3 is 5.73 Å². The molecule has 0 saturated carbocycles. The van der Waals surface area contributed by atoms with Crippen LogP contribution in [0.3, 0.4) is 0 Å². The zero-order valence-electron chi connectivity index (χ0n) is 9.81. The third kappa shape index (κ3) is 2.94. The summed E-state index contributed by atoms with van der Waals surface area (Å²) in [6, 6.07) is 14.4. The molecule has 0 saturated heterocycles. The predicted octanol–water partition coefficient (Wildman–Crippen LogP) is 2.81. The molecule has 0 bridgehead atoms. The van der Waals surface area contributed by atoms with E-state index >= 15 is 0 Å². The summed E-state index contributed by atoms with van der Waals surface area (Å²) >= 11 is 0. The van der Waals surface area contributed by atoms with Crippen molar-refractivity contribution in [1.82, 2.24) is 0 Å². The minimum atomic E-state index is -0.0108. The van der Waals surface area contributed by atoms with Gasteiger partial charge in [-0.1, -0.05) is 42.5 Å². The minimum absolute atomic E-state index is 0.0108. The van der Waals surface area contributed by atoms with Gasteiger partial charge in [-0.15, -0.1) is 0 Å². The molecule has 0 aliphatic carbocycles. The second-order valence-electron chi connectivity index (χ2n) is 4.19. The molecule has 0 aromatic heterocycles. The van der Waals surface area contributed by atoms with Crippen molar-refractivity contribution >= 4 is 16.6 Å². The number of fused-ring (bicyclic) bond motifs is 1. The number of hydrogen-bond donors (Lipinski definition) is 1. The van der Waals surface area contributed by atoms with E-state index in [4.69, 9.17) is 5.73 Å². The number of nitrogens with two attached hydrogens (primary N) is 1. The largest absolute Gasteiger partial charge is 0.402 e. The van der Waals surface area contributed by atoms with Crippen LogP contribution in [0.4, 0.5) is 0 Å². The van der Waals surface area contributed by atoms with Crippen molar-refractivity contribution in [3.8, 4) is 0 Å². The Balaban J connectivity index is 2.28. The van der Waals surface area contributed by atoms with Crippen molar-refractivity contribution in [3.05, 3.63) is 59.8 Å². The summed E-state index contributed by atoms with van der Waals surface area (Å²) in [6.45, 7) is 1.51. The van der Waals surface area contributed by atoms with E-state index in [2.05, 4.69) is 24.3 Å². The summed E-state index contributed by atoms with van der Waals surface area (Å²) in [7, 11) is 0. The summed E-state index contributed by atoms with van der Waals surface area (Å²) < 4.78 is 0. The van der Waals surface area contributed by atoms with E-state index in [-0.39, 0.29) is 5.78 Å². The van der Waals surface area contributed by atoms with Crippen molar-refractivity contribution in [2.24, 2.45) is 5.73 Å². The highest BCUT2D eigenvalue weighted by molar-refractivity contribution is 5.88. The lowest BCUT2D eigenvalue weighted by atomic mass is 10.0. The van der Waals surface area contributed by atoms with Gasteiger partial charge in [-0.3, -0.25) is 4.79 Å². The van der Waals surface area contributed by atoms with Crippen LogP contribution in [0.5, 0.6) is 0 Å². The maximum atomic E-state index is 10.9. The van der Waals surface area contributed by atoms with Gasteiger partial charge in [0.05, 0.1) is 0 Å². The lowest BCUT2D eigenvalue weighted by Gasteiger charge is -2.04. The Morgan fingerprint density at radius 3 is 2.59 bits per heavy atom. The van der Waals surface area contributed by atoms with Gasteiger partial charge in [-0.2, -0.15) is 0 Å². The fourth-order valence-electron chi connectivity index (χ4n) is 1.90. The van der Waals surface area contributed by atoms with E-state index in [0.717, 1.165) is 5.56 Å². The molecule has 0 heterocycles. The Kier molecular flexibility index (Phi) is 3.24. The maximum Gasteiger partial charge on any atom is 0.154 e. The molecule has 17 heavy (non-hydrogen) atoms. The van der Waals surface area contributed by atoms with Gasteiger partial charge >= 0.3 is 0 Å². The number of allylic oxidation sites excluding steroid dienone is 2. The first-order chi connectivity index (χ1) is 8.15. The fraction of sp³-hybridized carbons (Fsp3) is 0.133. The predicted molar refractivity (Wildman–Crippen MR) is 70.6 cm³/mol. The average molecular weight is 225 g/mol. The quantitative estimate of drug-likeness (QED) is 0.816. The van der Waals surface area contributed by atoms with Crippen molar-refractivity contribution in [2.45, 2.75) is 13.3 Å². The van der Waals surface area contributed by atoms with E-state index in [9.17, 15) is 4.79 Å². The van der Waals surface area contributed by atoms with E-state index < -0.39 is 0 Å². The Morgan fingerprint density at radius 1 is 1.18 bits per heavy atom. The van der Waals surface area contributed by atoms with Crippen LogP contribution in [-0.4, -0.2) is 5.78 Å². The third-order valence-corrected chi connectivity index (χ3v) is 2.61. The van der Waals surface area contributed by atoms with Gasteiger partial charge in [0, 0.05) is 12.1 Å². The van der Waals surface area contributed by atoms with Crippen LogP contribution < -0.4 is 5.73 Å². The van der Waals surface area contributed by atoms with Crippen LogP contribution in [0, 0.1) is 0 Å². The van der Waals surface area contributed by atoms with Crippen LogP contribution in [0.25, 0.3) is 10.8 Å². The molecule has 2 N–H and O–H groups in total. The number of carbonyl (C=O) groups is 1. The Labute approximate surface area is 101 Å². The first kappa shape index (κ1) is 11.4. The van der Waals surface area contributed by atoms with Gasteiger partial charge in [0.15, 0.2) is 5.78 Å². The van der Waals surface area contributed by atoms with E-state index in [1.165, 1.54) is 23.8 Å². The molecule has 0 atom stereocenters. The van der Waals surface area contributed by atoms with Crippen LogP contribution in [0.2, 0.25) is 0 Å². The van der Waals surface area contributed by atoms with Crippen molar-refractivity contribution in [2.75, 3.05) is 0 Å². The van der Waals surface area contributed by atoms with Gasteiger partial charge in [-0.05, 0) is 29.3 Å². The molecule has 0 fully saturated rings. The van der Waals surface area contributed by atoms with E-state index in [0.29, 0.717) is 12.1 Å². The van der Waals surface area contributed by atoms with Gasteiger partial charge in [0.25, 0.3) is 0 Å². The van der Waals surface area contributed by atoms with Gasteiger partial charge in [0.1, 0.15) is 0 Å². The zero-order valence-corrected chi connectivity index (χ0v) is 9.81. The lowest BCUT2D eigenvalue weighted by molar-refractivity contribution is -0.112. The summed E-state index contributed by atoms with van der Waals surface area (Å²) in [4.78, 5) is 10.9. The first-order valence-corrected chi connectivity index (χ1v) is 5.59. The number of carbonyl (C=O) groups excluding carboxylic acids is 1. The first-order valence-electron chi connectivity index (χ1n) is 5.59. The Hall–Kier alpha value is -2.09. The number of rotatable bonds is 3. The maximum absolute atomic E-state index is 10.9. The molecule has 2 nitrogen and oxygen atoms in total. The summed E-state index contributed by atoms with van der Waals surface area (Å²) in [5.74, 6) is -0.0108. The molecule has 0 aliphatic heterocycles. The number of ketones is 1. The zero-order chi connectivity index (χ0) is 12.3. The fourth-order valence-corrected chi connectivity index (χ4v) is 1.90. The molecule has 2 rings (SSSR count). The van der Waals surface area contributed by atoms with Crippen molar-refractivity contribution in [1.29, 1.82) is 0 Å². The molecule has 0 amide bonds. The number of benzene rings is 2. The van der Waals surface area contributed by atoms with E-state index in [1.807, 2.05) is 18.2 Å².